The summed E-state index contributed by atoms with van der Waals surface area (Å²) in [4.78, 5) is 14.9. The quantitative estimate of drug-likeness (QED) is 0.723. The monoisotopic (exact) mass is 406 g/mol. The summed E-state index contributed by atoms with van der Waals surface area (Å²) in [6.45, 7) is 4.55. The second-order valence-corrected chi connectivity index (χ2v) is 10.1. The molecule has 3 fully saturated rings. The highest BCUT2D eigenvalue weighted by atomic mass is 32.2. The molecule has 2 N–H and O–H groups in total. The van der Waals surface area contributed by atoms with Gasteiger partial charge in [0.2, 0.25) is 10.0 Å². The Kier molecular flexibility index (Phi) is 5.89. The lowest BCUT2D eigenvalue weighted by Crippen LogP contribution is -2.38. The van der Waals surface area contributed by atoms with Gasteiger partial charge in [0.25, 0.3) is 0 Å². The summed E-state index contributed by atoms with van der Waals surface area (Å²) < 4.78 is 26.6. The van der Waals surface area contributed by atoms with E-state index < -0.39 is 10.0 Å². The van der Waals surface area contributed by atoms with Crippen LogP contribution in [0.25, 0.3) is 0 Å². The fraction of sp³-hybridized carbons (Fsp3) is 0.650. The van der Waals surface area contributed by atoms with E-state index in [-0.39, 0.29) is 6.03 Å². The first-order valence-electron chi connectivity index (χ1n) is 10.4. The van der Waals surface area contributed by atoms with E-state index in [0.717, 1.165) is 44.0 Å². The maximum Gasteiger partial charge on any atom is 0.315 e. The Bertz CT molecular complexity index is 786. The number of carbonyl (C=O) groups excluding carboxylic acids is 1. The second kappa shape index (κ2) is 8.39. The number of likely N-dealkylation sites (tertiary alicyclic amines) is 1. The Hall–Kier alpha value is -1.64. The Labute approximate surface area is 167 Å². The molecule has 0 bridgehead atoms. The van der Waals surface area contributed by atoms with Gasteiger partial charge in [0, 0.05) is 38.8 Å². The van der Waals surface area contributed by atoms with E-state index in [1.165, 1.54) is 12.8 Å². The van der Waals surface area contributed by atoms with Gasteiger partial charge in [0.05, 0.1) is 4.90 Å². The molecule has 0 spiro atoms. The minimum atomic E-state index is -3.38. The Balaban J connectivity index is 1.20. The molecule has 2 heterocycles. The van der Waals surface area contributed by atoms with Crippen molar-refractivity contribution in [2.24, 2.45) is 5.92 Å². The molecule has 28 heavy (non-hydrogen) atoms. The molecule has 8 heteroatoms. The number of hydrogen-bond donors (Lipinski definition) is 2. The van der Waals surface area contributed by atoms with Crippen LogP contribution in [0.4, 0.5) is 4.79 Å². The standard InChI is InChI=1S/C20H30N4O3S/c25-20(22-14-17-9-12-23(15-17)18-5-6-18)21-13-16-3-7-19(8-4-16)28(26,27)24-10-1-2-11-24/h3-4,7-8,17-18H,1-2,5-6,9-15H2,(H2,21,22,25). The van der Waals surface area contributed by atoms with Crippen molar-refractivity contribution >= 4 is 16.1 Å². The van der Waals surface area contributed by atoms with E-state index in [1.54, 1.807) is 28.6 Å². The summed E-state index contributed by atoms with van der Waals surface area (Å²) in [5.74, 6) is 0.543. The van der Waals surface area contributed by atoms with Gasteiger partial charge in [-0.1, -0.05) is 12.1 Å². The van der Waals surface area contributed by atoms with Gasteiger partial charge in [-0.3, -0.25) is 0 Å². The van der Waals surface area contributed by atoms with Crippen molar-refractivity contribution < 1.29 is 13.2 Å². The summed E-state index contributed by atoms with van der Waals surface area (Å²) in [5, 5.41) is 5.83. The molecule has 2 aliphatic heterocycles. The number of hydrogen-bond acceptors (Lipinski definition) is 4. The van der Waals surface area contributed by atoms with E-state index in [0.29, 0.717) is 37.0 Å². The zero-order valence-corrected chi connectivity index (χ0v) is 17.1. The van der Waals surface area contributed by atoms with Crippen molar-refractivity contribution in [2.75, 3.05) is 32.7 Å². The van der Waals surface area contributed by atoms with Crippen LogP contribution in [0.15, 0.2) is 29.2 Å². The van der Waals surface area contributed by atoms with E-state index in [4.69, 9.17) is 0 Å². The smallest absolute Gasteiger partial charge is 0.315 e. The molecule has 2 amide bonds. The van der Waals surface area contributed by atoms with Gasteiger partial charge in [0.1, 0.15) is 0 Å². The third-order valence-electron chi connectivity index (χ3n) is 6.01. The molecule has 1 unspecified atom stereocenters. The Morgan fingerprint density at radius 1 is 1.00 bits per heavy atom. The van der Waals surface area contributed by atoms with Crippen LogP contribution in [0, 0.1) is 5.92 Å². The first-order chi connectivity index (χ1) is 13.5. The lowest BCUT2D eigenvalue weighted by Gasteiger charge is -2.16. The molecule has 0 aromatic heterocycles. The predicted octanol–water partition coefficient (Wildman–Crippen LogP) is 1.75. The average molecular weight is 407 g/mol. The van der Waals surface area contributed by atoms with E-state index in [9.17, 15) is 13.2 Å². The van der Waals surface area contributed by atoms with Crippen LogP contribution >= 0.6 is 0 Å². The van der Waals surface area contributed by atoms with Crippen molar-refractivity contribution in [3.63, 3.8) is 0 Å². The molecule has 1 atom stereocenters. The van der Waals surface area contributed by atoms with Gasteiger partial charge in [0.15, 0.2) is 0 Å². The highest BCUT2D eigenvalue weighted by Crippen LogP contribution is 2.31. The largest absolute Gasteiger partial charge is 0.338 e. The first kappa shape index (κ1) is 19.7. The molecule has 0 radical (unpaired) electrons. The second-order valence-electron chi connectivity index (χ2n) is 8.20. The summed E-state index contributed by atoms with van der Waals surface area (Å²) in [7, 11) is -3.38. The fourth-order valence-corrected chi connectivity index (χ4v) is 5.66. The highest BCUT2D eigenvalue weighted by molar-refractivity contribution is 7.89. The van der Waals surface area contributed by atoms with Gasteiger partial charge < -0.3 is 15.5 Å². The Morgan fingerprint density at radius 3 is 2.39 bits per heavy atom. The molecule has 3 aliphatic rings. The van der Waals surface area contributed by atoms with Gasteiger partial charge in [-0.2, -0.15) is 4.31 Å². The normalized spacial score (nSPS) is 23.8. The number of carbonyl (C=O) groups is 1. The van der Waals surface area contributed by atoms with Crippen molar-refractivity contribution in [1.29, 1.82) is 0 Å². The van der Waals surface area contributed by atoms with Crippen molar-refractivity contribution in [1.82, 2.24) is 19.8 Å². The SMILES string of the molecule is O=C(NCc1ccc(S(=O)(=O)N2CCCC2)cc1)NCC1CCN(C2CC2)C1. The summed E-state index contributed by atoms with van der Waals surface area (Å²) in [5.41, 5.74) is 0.885. The molecule has 7 nitrogen and oxygen atoms in total. The number of nitrogens with zero attached hydrogens (tertiary/aromatic N) is 2. The van der Waals surface area contributed by atoms with E-state index in [1.807, 2.05) is 0 Å². The third kappa shape index (κ3) is 4.67. The minimum absolute atomic E-state index is 0.168. The van der Waals surface area contributed by atoms with Crippen LogP contribution in [0.2, 0.25) is 0 Å². The van der Waals surface area contributed by atoms with Crippen LogP contribution in [-0.2, 0) is 16.6 Å². The number of urea groups is 1. The van der Waals surface area contributed by atoms with Gasteiger partial charge in [-0.25, -0.2) is 13.2 Å². The molecule has 1 aliphatic carbocycles. The number of sulfonamides is 1. The van der Waals surface area contributed by atoms with Crippen LogP contribution < -0.4 is 10.6 Å². The molecular formula is C20H30N4O3S. The third-order valence-corrected chi connectivity index (χ3v) is 7.92. The minimum Gasteiger partial charge on any atom is -0.338 e. The fourth-order valence-electron chi connectivity index (χ4n) is 4.14. The Morgan fingerprint density at radius 2 is 1.71 bits per heavy atom. The van der Waals surface area contributed by atoms with Crippen molar-refractivity contribution in [3.8, 4) is 0 Å². The lowest BCUT2D eigenvalue weighted by atomic mass is 10.1. The number of benzene rings is 1. The van der Waals surface area contributed by atoms with Crippen molar-refractivity contribution in [3.05, 3.63) is 29.8 Å². The van der Waals surface area contributed by atoms with Gasteiger partial charge in [-0.15, -0.1) is 0 Å². The molecule has 1 aromatic rings. The van der Waals surface area contributed by atoms with Crippen molar-refractivity contribution in [2.45, 2.75) is 49.6 Å². The number of rotatable bonds is 7. The summed E-state index contributed by atoms with van der Waals surface area (Å²) in [6.07, 6.45) is 5.67. The van der Waals surface area contributed by atoms with E-state index >= 15 is 0 Å². The zero-order valence-electron chi connectivity index (χ0n) is 16.3. The first-order valence-corrected chi connectivity index (χ1v) is 11.8. The number of amides is 2. The molecule has 1 aromatic carbocycles. The van der Waals surface area contributed by atoms with E-state index in [2.05, 4.69) is 15.5 Å². The maximum atomic E-state index is 12.5. The van der Waals surface area contributed by atoms with Crippen LogP contribution in [0.1, 0.15) is 37.7 Å². The van der Waals surface area contributed by atoms with Crippen LogP contribution in [0.5, 0.6) is 0 Å². The zero-order chi connectivity index (χ0) is 19.6. The topological polar surface area (TPSA) is 81.8 Å². The number of nitrogens with one attached hydrogen (secondary N) is 2. The summed E-state index contributed by atoms with van der Waals surface area (Å²) >= 11 is 0. The molecule has 4 rings (SSSR count). The lowest BCUT2D eigenvalue weighted by molar-refractivity contribution is 0.238. The summed E-state index contributed by atoms with van der Waals surface area (Å²) in [6, 6.07) is 7.44. The van der Waals surface area contributed by atoms with Gasteiger partial charge in [-0.05, 0) is 62.3 Å². The van der Waals surface area contributed by atoms with Crippen LogP contribution in [0.3, 0.4) is 0 Å². The highest BCUT2D eigenvalue weighted by Gasteiger charge is 2.34. The van der Waals surface area contributed by atoms with Crippen LogP contribution in [-0.4, -0.2) is 62.4 Å². The van der Waals surface area contributed by atoms with Gasteiger partial charge >= 0.3 is 6.03 Å². The average Bonchev–Trinajstić information content (AvgIpc) is 3.20. The molecule has 154 valence electrons. The molecular weight excluding hydrogens is 376 g/mol. The maximum absolute atomic E-state index is 12.5. The molecule has 1 saturated carbocycles. The molecule has 2 saturated heterocycles. The predicted molar refractivity (Wildman–Crippen MR) is 107 cm³/mol.